The summed E-state index contributed by atoms with van der Waals surface area (Å²) in [6.45, 7) is 0. The van der Waals surface area contributed by atoms with E-state index in [9.17, 15) is 0 Å². The van der Waals surface area contributed by atoms with Crippen molar-refractivity contribution in [1.29, 1.82) is 0 Å². The molecule has 2 nitrogen and oxygen atoms in total. The standard InChI is InChI=1S/C79H53IN2S/c1-80(57-22-9-4-10-23-57,73-30-17-29-67-66-28-15-16-31-78(66)83-79(67)73)58-37-32-53(33-38-58)56-36-44-76-71(48-56)72-50-60(40-45-77(72)81(76)59-39-41-65-63-26-12-11-24-61(63)62-25-13-14-27-64(62)68(65)49-59)82-74-42-34-54(51-18-5-2-6-19-51)46-69(74)70-47-55(35-43-75(70)82)52-20-7-3-8-21-52/h2-50,65,68H,1H2. The van der Waals surface area contributed by atoms with Crippen molar-refractivity contribution in [1.82, 2.24) is 9.13 Å². The van der Waals surface area contributed by atoms with Gasteiger partial charge in [0.15, 0.2) is 0 Å². The summed E-state index contributed by atoms with van der Waals surface area (Å²) in [5.41, 5.74) is 19.7. The summed E-state index contributed by atoms with van der Waals surface area (Å²) in [4.78, 5) is 0. The topological polar surface area (TPSA) is 9.86 Å². The number of halogens is 1. The van der Waals surface area contributed by atoms with E-state index in [-0.39, 0.29) is 11.8 Å². The van der Waals surface area contributed by atoms with Crippen molar-refractivity contribution in [3.8, 4) is 50.2 Å². The fourth-order valence-electron chi connectivity index (χ4n) is 13.8. The molecule has 15 aromatic rings. The van der Waals surface area contributed by atoms with E-state index in [4.69, 9.17) is 4.51 Å². The Hall–Kier alpha value is -9.46. The van der Waals surface area contributed by atoms with Gasteiger partial charge in [-0.05, 0) is 68.8 Å². The number of aromatic nitrogens is 2. The predicted molar refractivity (Wildman–Crippen MR) is 364 cm³/mol. The van der Waals surface area contributed by atoms with Crippen LogP contribution in [0.3, 0.4) is 0 Å². The van der Waals surface area contributed by atoms with Crippen LogP contribution in [0.15, 0.2) is 297 Å². The Morgan fingerprint density at radius 2 is 0.819 bits per heavy atom. The van der Waals surface area contributed by atoms with Gasteiger partial charge in [-0.1, -0.05) is 121 Å². The quantitative estimate of drug-likeness (QED) is 0.134. The Morgan fingerprint density at radius 1 is 0.349 bits per heavy atom. The molecule has 0 fully saturated rings. The molecule has 0 saturated heterocycles. The first kappa shape index (κ1) is 48.3. The van der Waals surface area contributed by atoms with E-state index >= 15 is 0 Å². The van der Waals surface area contributed by atoms with Crippen molar-refractivity contribution in [3.05, 3.63) is 319 Å². The van der Waals surface area contributed by atoms with Gasteiger partial charge in [0, 0.05) is 16.7 Å². The summed E-state index contributed by atoms with van der Waals surface area (Å²) in [7, 11) is 0. The molecule has 3 unspecified atom stereocenters. The number of rotatable bonds is 8. The molecule has 392 valence electrons. The number of hydrogen-bond acceptors (Lipinski definition) is 1. The van der Waals surface area contributed by atoms with Crippen LogP contribution in [0, 0.1) is 10.7 Å². The molecule has 2 aliphatic carbocycles. The molecule has 4 heteroatoms. The van der Waals surface area contributed by atoms with E-state index in [1.807, 2.05) is 11.3 Å². The van der Waals surface area contributed by atoms with Crippen LogP contribution in [0.25, 0.3) is 120 Å². The molecule has 3 heterocycles. The van der Waals surface area contributed by atoms with Crippen LogP contribution >= 0.6 is 29.3 Å². The van der Waals surface area contributed by atoms with Crippen LogP contribution in [0.4, 0.5) is 0 Å². The molecule has 0 bridgehead atoms. The van der Waals surface area contributed by atoms with Gasteiger partial charge >= 0.3 is 287 Å². The van der Waals surface area contributed by atoms with Gasteiger partial charge in [-0.15, -0.1) is 0 Å². The second-order valence-electron chi connectivity index (χ2n) is 22.2. The maximum absolute atomic E-state index is 5.35. The number of hydrogen-bond donors (Lipinski definition) is 0. The third-order valence-corrected chi connectivity index (χ3v) is 27.9. The minimum absolute atomic E-state index is 0.191. The molecular weight excluding hydrogens is 1140 g/mol. The van der Waals surface area contributed by atoms with E-state index in [0.29, 0.717) is 0 Å². The SMILES string of the molecule is C=I(c1ccccc1)(c1ccc(-c2ccc3c(c2)c2cc(-n4c5ccc(-c6ccccc6)cc5c5cc(-c6ccccc6)ccc54)ccc2n3C2=CC3c4ccccc4-c4ccccc4C3C=C2)cc1)c1cccc2c1sc1ccccc12. The molecule has 12 aromatic carbocycles. The normalized spacial score (nSPS) is 15.8. The van der Waals surface area contributed by atoms with E-state index in [0.717, 1.165) is 5.69 Å². The van der Waals surface area contributed by atoms with Gasteiger partial charge in [0.2, 0.25) is 0 Å². The molecule has 3 aromatic heterocycles. The second-order valence-corrected chi connectivity index (χ2v) is 30.8. The number of allylic oxidation sites excluding steroid dienone is 4. The molecule has 0 spiro atoms. The maximum atomic E-state index is 5.35. The van der Waals surface area contributed by atoms with Gasteiger partial charge in [0.1, 0.15) is 0 Å². The van der Waals surface area contributed by atoms with Crippen molar-refractivity contribution < 1.29 is 0 Å². The fraction of sp³-hybridized carbons (Fsp3) is 0.0253. The first-order valence-electron chi connectivity index (χ1n) is 28.6. The van der Waals surface area contributed by atoms with E-state index in [1.165, 1.54) is 136 Å². The zero-order valence-corrected chi connectivity index (χ0v) is 48.3. The van der Waals surface area contributed by atoms with Gasteiger partial charge in [0.05, 0.1) is 0 Å². The molecule has 0 amide bonds. The first-order chi connectivity index (χ1) is 41.0. The molecule has 3 atom stereocenters. The summed E-state index contributed by atoms with van der Waals surface area (Å²) >= 11 is -1.46. The van der Waals surface area contributed by atoms with Crippen molar-refractivity contribution in [3.63, 3.8) is 0 Å². The van der Waals surface area contributed by atoms with Gasteiger partial charge in [-0.2, -0.15) is 0 Å². The molecule has 0 N–H and O–H groups in total. The minimum atomic E-state index is -3.37. The Kier molecular flexibility index (Phi) is 11.1. The average Bonchev–Trinajstić information content (AvgIpc) is 3.32. The number of nitrogens with zero attached hydrogens (tertiary/aromatic N) is 2. The number of fused-ring (bicyclic) bond motifs is 15. The molecule has 17 rings (SSSR count). The third kappa shape index (κ3) is 7.56. The fourth-order valence-corrected chi connectivity index (χ4v) is 23.4. The van der Waals surface area contributed by atoms with Gasteiger partial charge in [-0.25, -0.2) is 0 Å². The monoisotopic (exact) mass is 1190 g/mol. The van der Waals surface area contributed by atoms with Gasteiger partial charge < -0.3 is 0 Å². The van der Waals surface area contributed by atoms with E-state index in [1.54, 1.807) is 0 Å². The zero-order chi connectivity index (χ0) is 54.8. The van der Waals surface area contributed by atoms with Crippen LogP contribution in [0.1, 0.15) is 23.0 Å². The Morgan fingerprint density at radius 3 is 1.45 bits per heavy atom. The summed E-state index contributed by atoms with van der Waals surface area (Å²) < 4.78 is 17.1. The average molecular weight is 1190 g/mol. The summed E-state index contributed by atoms with van der Waals surface area (Å²) in [6.07, 6.45) is 7.39. The second kappa shape index (κ2) is 19.1. The Labute approximate surface area is 489 Å². The zero-order valence-electron chi connectivity index (χ0n) is 45.3. The van der Waals surface area contributed by atoms with Crippen LogP contribution in [0.5, 0.6) is 0 Å². The van der Waals surface area contributed by atoms with Crippen molar-refractivity contribution >= 4 is 103 Å². The predicted octanol–water partition coefficient (Wildman–Crippen LogP) is 21.6. The third-order valence-electron chi connectivity index (χ3n) is 17.7. The van der Waals surface area contributed by atoms with Crippen LogP contribution in [0.2, 0.25) is 0 Å². The van der Waals surface area contributed by atoms with E-state index in [2.05, 4.69) is 306 Å². The molecule has 0 radical (unpaired) electrons. The van der Waals surface area contributed by atoms with Crippen molar-refractivity contribution in [2.75, 3.05) is 0 Å². The molecule has 83 heavy (non-hydrogen) atoms. The Balaban J connectivity index is 0.853. The van der Waals surface area contributed by atoms with Gasteiger partial charge in [-0.3, -0.25) is 0 Å². The molecule has 0 aliphatic heterocycles. The Bertz CT molecular complexity index is 5130. The number of thiophene rings is 1. The molecular formula is C79H53IN2S. The first-order valence-corrected chi connectivity index (χ1v) is 34.1. The van der Waals surface area contributed by atoms with Crippen LogP contribution in [-0.4, -0.2) is 13.6 Å². The van der Waals surface area contributed by atoms with Crippen LogP contribution < -0.4 is 0 Å². The van der Waals surface area contributed by atoms with E-state index < -0.39 is 18.0 Å². The molecule has 0 saturated carbocycles. The summed E-state index contributed by atoms with van der Waals surface area (Å²) in [6, 6.07) is 104. The summed E-state index contributed by atoms with van der Waals surface area (Å²) in [5, 5.41) is 7.54. The molecule has 2 aliphatic rings. The van der Waals surface area contributed by atoms with Crippen LogP contribution in [-0.2, 0) is 0 Å². The van der Waals surface area contributed by atoms with Gasteiger partial charge in [0.25, 0.3) is 0 Å². The summed E-state index contributed by atoms with van der Waals surface area (Å²) in [5.74, 6) is 0.441. The van der Waals surface area contributed by atoms with Crippen molar-refractivity contribution in [2.45, 2.75) is 11.8 Å². The van der Waals surface area contributed by atoms with Crippen molar-refractivity contribution in [2.24, 2.45) is 0 Å². The number of benzene rings is 12.